The monoisotopic (exact) mass is 249 g/mol. The number of H-pyrrole nitrogens is 1. The lowest BCUT2D eigenvalue weighted by atomic mass is 10.1. The molecule has 0 aliphatic carbocycles. The van der Waals surface area contributed by atoms with Crippen LogP contribution in [0.3, 0.4) is 0 Å². The number of aromatic amines is 1. The van der Waals surface area contributed by atoms with Crippen LogP contribution in [-0.4, -0.2) is 36.6 Å². The molecule has 2 N–H and O–H groups in total. The SMILES string of the molecule is COc1ccc(OC)c2c(C=O)c(C(=O)O)[nH]c12. The Morgan fingerprint density at radius 2 is 1.89 bits per heavy atom. The largest absolute Gasteiger partial charge is 0.496 e. The molecule has 0 bridgehead atoms. The second kappa shape index (κ2) is 4.40. The molecule has 1 heterocycles. The van der Waals surface area contributed by atoms with Crippen molar-refractivity contribution in [1.82, 2.24) is 4.98 Å². The van der Waals surface area contributed by atoms with E-state index in [1.807, 2.05) is 0 Å². The van der Waals surface area contributed by atoms with E-state index < -0.39 is 5.97 Å². The lowest BCUT2D eigenvalue weighted by Gasteiger charge is -2.06. The van der Waals surface area contributed by atoms with Gasteiger partial charge in [-0.3, -0.25) is 4.79 Å². The molecule has 2 rings (SSSR count). The third-order valence-corrected chi connectivity index (χ3v) is 2.69. The van der Waals surface area contributed by atoms with Gasteiger partial charge in [0.05, 0.1) is 30.7 Å². The number of carbonyl (C=O) groups excluding carboxylic acids is 1. The van der Waals surface area contributed by atoms with Crippen molar-refractivity contribution < 1.29 is 24.2 Å². The molecule has 6 nitrogen and oxygen atoms in total. The molecule has 1 aromatic carbocycles. The van der Waals surface area contributed by atoms with Crippen LogP contribution >= 0.6 is 0 Å². The van der Waals surface area contributed by atoms with E-state index in [-0.39, 0.29) is 11.3 Å². The fourth-order valence-corrected chi connectivity index (χ4v) is 1.90. The molecule has 0 amide bonds. The highest BCUT2D eigenvalue weighted by Crippen LogP contribution is 2.36. The van der Waals surface area contributed by atoms with E-state index >= 15 is 0 Å². The summed E-state index contributed by atoms with van der Waals surface area (Å²) >= 11 is 0. The van der Waals surface area contributed by atoms with Crippen LogP contribution in [0.4, 0.5) is 0 Å². The van der Waals surface area contributed by atoms with Gasteiger partial charge in [-0.15, -0.1) is 0 Å². The molecule has 1 aromatic heterocycles. The van der Waals surface area contributed by atoms with Gasteiger partial charge in [-0.05, 0) is 12.1 Å². The van der Waals surface area contributed by atoms with Gasteiger partial charge in [0.15, 0.2) is 6.29 Å². The van der Waals surface area contributed by atoms with Crippen LogP contribution < -0.4 is 9.47 Å². The molecular weight excluding hydrogens is 238 g/mol. The predicted octanol–water partition coefficient (Wildman–Crippen LogP) is 1.70. The van der Waals surface area contributed by atoms with E-state index in [1.54, 1.807) is 12.1 Å². The zero-order chi connectivity index (χ0) is 13.3. The number of hydrogen-bond acceptors (Lipinski definition) is 4. The van der Waals surface area contributed by atoms with Crippen molar-refractivity contribution in [3.8, 4) is 11.5 Å². The van der Waals surface area contributed by atoms with Crippen molar-refractivity contribution in [2.75, 3.05) is 14.2 Å². The lowest BCUT2D eigenvalue weighted by molar-refractivity contribution is 0.0688. The summed E-state index contributed by atoms with van der Waals surface area (Å²) in [7, 11) is 2.91. The van der Waals surface area contributed by atoms with Crippen LogP contribution in [0.2, 0.25) is 0 Å². The average Bonchev–Trinajstić information content (AvgIpc) is 2.77. The van der Waals surface area contributed by atoms with E-state index in [9.17, 15) is 9.59 Å². The van der Waals surface area contributed by atoms with Crippen molar-refractivity contribution in [3.05, 3.63) is 23.4 Å². The number of aromatic carboxylic acids is 1. The molecular formula is C12H11NO5. The van der Waals surface area contributed by atoms with Crippen LogP contribution in [0, 0.1) is 0 Å². The summed E-state index contributed by atoms with van der Waals surface area (Å²) in [4.78, 5) is 24.8. The maximum atomic E-state index is 11.1. The topological polar surface area (TPSA) is 88.6 Å². The molecule has 2 aromatic rings. The van der Waals surface area contributed by atoms with E-state index in [2.05, 4.69) is 4.98 Å². The first-order chi connectivity index (χ1) is 8.63. The predicted molar refractivity (Wildman–Crippen MR) is 63.7 cm³/mol. The van der Waals surface area contributed by atoms with Crippen molar-refractivity contribution >= 4 is 23.2 Å². The quantitative estimate of drug-likeness (QED) is 0.805. The fraction of sp³-hybridized carbons (Fsp3) is 0.167. The third kappa shape index (κ3) is 1.58. The lowest BCUT2D eigenvalue weighted by Crippen LogP contribution is -2.00. The normalized spacial score (nSPS) is 10.3. The number of carboxylic acid groups (broad SMARTS) is 1. The van der Waals surface area contributed by atoms with Crippen molar-refractivity contribution in [2.24, 2.45) is 0 Å². The minimum absolute atomic E-state index is 0.0493. The maximum absolute atomic E-state index is 11.1. The Bertz CT molecular complexity index is 629. The maximum Gasteiger partial charge on any atom is 0.353 e. The molecule has 0 unspecified atom stereocenters. The molecule has 0 aliphatic heterocycles. The highest BCUT2D eigenvalue weighted by atomic mass is 16.5. The fourth-order valence-electron chi connectivity index (χ4n) is 1.90. The van der Waals surface area contributed by atoms with E-state index in [1.165, 1.54) is 14.2 Å². The van der Waals surface area contributed by atoms with Gasteiger partial charge in [-0.1, -0.05) is 0 Å². The number of carboxylic acids is 1. The Morgan fingerprint density at radius 1 is 1.28 bits per heavy atom. The molecule has 0 fully saturated rings. The van der Waals surface area contributed by atoms with Crippen molar-refractivity contribution in [3.63, 3.8) is 0 Å². The summed E-state index contributed by atoms with van der Waals surface area (Å²) in [6, 6.07) is 3.26. The van der Waals surface area contributed by atoms with Crippen LogP contribution in [0.1, 0.15) is 20.8 Å². The van der Waals surface area contributed by atoms with Crippen molar-refractivity contribution in [2.45, 2.75) is 0 Å². The number of benzene rings is 1. The number of carbonyl (C=O) groups is 2. The zero-order valence-electron chi connectivity index (χ0n) is 9.81. The molecule has 0 radical (unpaired) electrons. The van der Waals surface area contributed by atoms with Crippen LogP contribution in [0.5, 0.6) is 11.5 Å². The number of rotatable bonds is 4. The van der Waals surface area contributed by atoms with Crippen LogP contribution in [0.15, 0.2) is 12.1 Å². The number of hydrogen-bond donors (Lipinski definition) is 2. The molecule has 18 heavy (non-hydrogen) atoms. The van der Waals surface area contributed by atoms with Gasteiger partial charge in [0.1, 0.15) is 17.2 Å². The van der Waals surface area contributed by atoms with E-state index in [0.717, 1.165) is 0 Å². The first-order valence-corrected chi connectivity index (χ1v) is 5.09. The van der Waals surface area contributed by atoms with Gasteiger partial charge < -0.3 is 19.6 Å². The molecule has 94 valence electrons. The summed E-state index contributed by atoms with van der Waals surface area (Å²) in [5.74, 6) is -0.351. The van der Waals surface area contributed by atoms with Crippen LogP contribution in [-0.2, 0) is 0 Å². The number of methoxy groups -OCH3 is 2. The summed E-state index contributed by atoms with van der Waals surface area (Å²) in [6.45, 7) is 0. The molecule has 6 heteroatoms. The highest BCUT2D eigenvalue weighted by molar-refractivity contribution is 6.11. The smallest absolute Gasteiger partial charge is 0.353 e. The highest BCUT2D eigenvalue weighted by Gasteiger charge is 2.21. The molecule has 0 atom stereocenters. The van der Waals surface area contributed by atoms with Gasteiger partial charge in [0.2, 0.25) is 0 Å². The Labute approximate surface area is 102 Å². The Hall–Kier alpha value is -2.50. The minimum atomic E-state index is -1.21. The van der Waals surface area contributed by atoms with E-state index in [0.29, 0.717) is 28.7 Å². The van der Waals surface area contributed by atoms with Gasteiger partial charge in [-0.2, -0.15) is 0 Å². The Kier molecular flexibility index (Phi) is 2.93. The van der Waals surface area contributed by atoms with Gasteiger partial charge >= 0.3 is 5.97 Å². The molecule has 0 saturated heterocycles. The zero-order valence-corrected chi connectivity index (χ0v) is 9.81. The number of nitrogens with one attached hydrogen (secondary N) is 1. The molecule has 0 saturated carbocycles. The third-order valence-electron chi connectivity index (χ3n) is 2.69. The van der Waals surface area contributed by atoms with Crippen molar-refractivity contribution in [1.29, 1.82) is 0 Å². The number of fused-ring (bicyclic) bond motifs is 1. The Balaban J connectivity index is 2.93. The number of aldehydes is 1. The summed E-state index contributed by atoms with van der Waals surface area (Å²) in [5.41, 5.74) is 0.299. The first-order valence-electron chi connectivity index (χ1n) is 5.09. The summed E-state index contributed by atoms with van der Waals surface area (Å²) in [6.07, 6.45) is 0.490. The van der Waals surface area contributed by atoms with Gasteiger partial charge in [-0.25, -0.2) is 4.79 Å². The summed E-state index contributed by atoms with van der Waals surface area (Å²) < 4.78 is 10.3. The standard InChI is InChI=1S/C12H11NO5/c1-17-7-3-4-8(18-2)11-9(7)6(5-14)10(13-11)12(15)16/h3-5,13H,1-2H3,(H,15,16). The van der Waals surface area contributed by atoms with Gasteiger partial charge in [0.25, 0.3) is 0 Å². The molecule has 0 spiro atoms. The van der Waals surface area contributed by atoms with E-state index in [4.69, 9.17) is 14.6 Å². The Morgan fingerprint density at radius 3 is 2.39 bits per heavy atom. The van der Waals surface area contributed by atoms with Crippen LogP contribution in [0.25, 0.3) is 10.9 Å². The average molecular weight is 249 g/mol. The van der Waals surface area contributed by atoms with Gasteiger partial charge in [0, 0.05) is 0 Å². The molecule has 0 aliphatic rings. The summed E-state index contributed by atoms with van der Waals surface area (Å²) in [5, 5.41) is 9.46. The minimum Gasteiger partial charge on any atom is -0.496 e. The number of ether oxygens (including phenoxy) is 2. The second-order valence-corrected chi connectivity index (χ2v) is 3.56. The number of aromatic nitrogens is 1. The first kappa shape index (κ1) is 12.0. The second-order valence-electron chi connectivity index (χ2n) is 3.56.